The molecule has 0 saturated heterocycles. The van der Waals surface area contributed by atoms with Crippen molar-refractivity contribution >= 4 is 28.6 Å². The average molecular weight is 391 g/mol. The van der Waals surface area contributed by atoms with Crippen LogP contribution in [0.3, 0.4) is 0 Å². The Morgan fingerprint density at radius 2 is 1.59 bits per heavy atom. The summed E-state index contributed by atoms with van der Waals surface area (Å²) in [5, 5.41) is 2.90. The second-order valence-electron chi connectivity index (χ2n) is 6.43. The Bertz CT molecular complexity index is 1090. The highest BCUT2D eigenvalue weighted by atomic mass is 35.5. The van der Waals surface area contributed by atoms with E-state index >= 15 is 0 Å². The Morgan fingerprint density at radius 3 is 2.30 bits per heavy atom. The molecule has 4 heteroatoms. The van der Waals surface area contributed by atoms with Gasteiger partial charge in [-0.1, -0.05) is 71.8 Å². The van der Waals surface area contributed by atoms with E-state index in [0.717, 1.165) is 22.1 Å². The predicted octanol–water partition coefficient (Wildman–Crippen LogP) is 6.46. The Hall–Kier alpha value is -2.62. The summed E-state index contributed by atoms with van der Waals surface area (Å²) in [5.41, 5.74) is 5.79. The first kappa shape index (κ1) is 17.8. The van der Waals surface area contributed by atoms with Gasteiger partial charge in [-0.25, -0.2) is 4.99 Å². The van der Waals surface area contributed by atoms with Crippen LogP contribution >= 0.6 is 22.9 Å². The lowest BCUT2D eigenvalue weighted by atomic mass is 10.1. The molecule has 27 heavy (non-hydrogen) atoms. The molecule has 0 unspecified atom stereocenters. The van der Waals surface area contributed by atoms with E-state index in [-0.39, 0.29) is 0 Å². The molecule has 0 saturated carbocycles. The van der Waals surface area contributed by atoms with Crippen LogP contribution in [0, 0.1) is 6.92 Å². The summed E-state index contributed by atoms with van der Waals surface area (Å²) in [7, 11) is 0. The molecular formula is C23H19ClN2S. The van der Waals surface area contributed by atoms with Gasteiger partial charge in [0.1, 0.15) is 0 Å². The number of nitrogens with zero attached hydrogens (tertiary/aromatic N) is 2. The molecular weight excluding hydrogens is 372 g/mol. The van der Waals surface area contributed by atoms with Crippen LogP contribution in [0.5, 0.6) is 0 Å². The molecule has 2 nitrogen and oxygen atoms in total. The van der Waals surface area contributed by atoms with E-state index in [2.05, 4.69) is 65.4 Å². The molecule has 0 amide bonds. The van der Waals surface area contributed by atoms with Gasteiger partial charge < -0.3 is 4.57 Å². The SMILES string of the molecule is Cc1ccc(-c2csc(=Nc3ccc(Cl)cc3)n2Cc2ccccc2)cc1. The summed E-state index contributed by atoms with van der Waals surface area (Å²) in [6.45, 7) is 2.89. The smallest absolute Gasteiger partial charge is 0.190 e. The van der Waals surface area contributed by atoms with E-state index in [4.69, 9.17) is 16.6 Å². The largest absolute Gasteiger partial charge is 0.312 e. The van der Waals surface area contributed by atoms with Gasteiger partial charge in [0.2, 0.25) is 0 Å². The topological polar surface area (TPSA) is 17.3 Å². The van der Waals surface area contributed by atoms with E-state index in [1.165, 1.54) is 22.4 Å². The second-order valence-corrected chi connectivity index (χ2v) is 7.70. The molecule has 134 valence electrons. The number of hydrogen-bond donors (Lipinski definition) is 0. The normalized spacial score (nSPS) is 11.7. The maximum Gasteiger partial charge on any atom is 0.190 e. The molecule has 0 spiro atoms. The van der Waals surface area contributed by atoms with Gasteiger partial charge in [0.05, 0.1) is 17.9 Å². The van der Waals surface area contributed by atoms with Crippen LogP contribution in [-0.2, 0) is 6.54 Å². The maximum absolute atomic E-state index is 6.01. The highest BCUT2D eigenvalue weighted by Gasteiger charge is 2.09. The van der Waals surface area contributed by atoms with E-state index in [9.17, 15) is 0 Å². The molecule has 1 heterocycles. The fourth-order valence-electron chi connectivity index (χ4n) is 2.92. The van der Waals surface area contributed by atoms with Gasteiger partial charge in [-0.15, -0.1) is 11.3 Å². The van der Waals surface area contributed by atoms with Crippen molar-refractivity contribution in [1.29, 1.82) is 0 Å². The van der Waals surface area contributed by atoms with Crippen molar-refractivity contribution in [1.82, 2.24) is 4.57 Å². The fourth-order valence-corrected chi connectivity index (χ4v) is 3.97. The average Bonchev–Trinajstić information content (AvgIpc) is 3.07. The summed E-state index contributed by atoms with van der Waals surface area (Å²) in [6, 6.07) is 26.8. The molecule has 0 aliphatic heterocycles. The maximum atomic E-state index is 6.01. The number of rotatable bonds is 4. The highest BCUT2D eigenvalue weighted by molar-refractivity contribution is 7.07. The third-order valence-electron chi connectivity index (χ3n) is 4.38. The molecule has 0 aliphatic carbocycles. The molecule has 4 aromatic rings. The van der Waals surface area contributed by atoms with Gasteiger partial charge in [0.25, 0.3) is 0 Å². The van der Waals surface area contributed by atoms with E-state index in [0.29, 0.717) is 0 Å². The quantitative estimate of drug-likeness (QED) is 0.380. The van der Waals surface area contributed by atoms with Crippen LogP contribution in [0.1, 0.15) is 11.1 Å². The van der Waals surface area contributed by atoms with Crippen LogP contribution in [0.25, 0.3) is 11.3 Å². The standard InChI is InChI=1S/C23H19ClN2S/c1-17-7-9-19(10-8-17)22-16-27-23(25-21-13-11-20(24)12-14-21)26(22)15-18-5-3-2-4-6-18/h2-14,16H,15H2,1H3. The number of aryl methyl sites for hydroxylation is 1. The van der Waals surface area contributed by atoms with Crippen molar-refractivity contribution in [3.8, 4) is 11.3 Å². The van der Waals surface area contributed by atoms with Gasteiger partial charge in [-0.2, -0.15) is 0 Å². The third kappa shape index (κ3) is 4.21. The first-order valence-corrected chi connectivity index (χ1v) is 10.0. The van der Waals surface area contributed by atoms with E-state index in [1.807, 2.05) is 30.3 Å². The number of thiazole rings is 1. The molecule has 1 aromatic heterocycles. The number of halogens is 1. The monoisotopic (exact) mass is 390 g/mol. The molecule has 3 aromatic carbocycles. The summed E-state index contributed by atoms with van der Waals surface area (Å²) in [4.78, 5) is 5.83. The molecule has 4 rings (SSSR count). The lowest BCUT2D eigenvalue weighted by Gasteiger charge is -2.10. The highest BCUT2D eigenvalue weighted by Crippen LogP contribution is 2.23. The van der Waals surface area contributed by atoms with Crippen LogP contribution in [0.15, 0.2) is 89.2 Å². The van der Waals surface area contributed by atoms with Gasteiger partial charge in [-0.3, -0.25) is 0 Å². The van der Waals surface area contributed by atoms with Crippen LogP contribution in [0.2, 0.25) is 5.02 Å². The summed E-state index contributed by atoms with van der Waals surface area (Å²) < 4.78 is 2.28. The van der Waals surface area contributed by atoms with Gasteiger partial charge in [-0.05, 0) is 42.3 Å². The first-order chi connectivity index (χ1) is 13.2. The summed E-state index contributed by atoms with van der Waals surface area (Å²) in [5.74, 6) is 0. The zero-order valence-electron chi connectivity index (χ0n) is 15.0. The van der Waals surface area contributed by atoms with Gasteiger partial charge in [0.15, 0.2) is 4.80 Å². The van der Waals surface area contributed by atoms with Crippen molar-refractivity contribution < 1.29 is 0 Å². The van der Waals surface area contributed by atoms with Crippen molar-refractivity contribution in [2.45, 2.75) is 13.5 Å². The molecule has 0 fully saturated rings. The number of aromatic nitrogens is 1. The fraction of sp³-hybridized carbons (Fsp3) is 0.0870. The minimum atomic E-state index is 0.720. The van der Waals surface area contributed by atoms with Gasteiger partial charge >= 0.3 is 0 Å². The Balaban J connectivity index is 1.83. The summed E-state index contributed by atoms with van der Waals surface area (Å²) >= 11 is 7.66. The number of hydrogen-bond acceptors (Lipinski definition) is 2. The van der Waals surface area contributed by atoms with Crippen LogP contribution in [0.4, 0.5) is 5.69 Å². The van der Waals surface area contributed by atoms with Crippen LogP contribution < -0.4 is 4.80 Å². The third-order valence-corrected chi connectivity index (χ3v) is 5.50. The van der Waals surface area contributed by atoms with Crippen molar-refractivity contribution in [3.63, 3.8) is 0 Å². The first-order valence-electron chi connectivity index (χ1n) is 8.79. The predicted molar refractivity (Wildman–Crippen MR) is 115 cm³/mol. The molecule has 0 atom stereocenters. The van der Waals surface area contributed by atoms with Crippen molar-refractivity contribution in [2.75, 3.05) is 0 Å². The zero-order valence-corrected chi connectivity index (χ0v) is 16.5. The molecule has 0 radical (unpaired) electrons. The minimum Gasteiger partial charge on any atom is -0.312 e. The van der Waals surface area contributed by atoms with Crippen LogP contribution in [-0.4, -0.2) is 4.57 Å². The minimum absolute atomic E-state index is 0.720. The molecule has 0 N–H and O–H groups in total. The Morgan fingerprint density at radius 1 is 0.889 bits per heavy atom. The lowest BCUT2D eigenvalue weighted by Crippen LogP contribution is -2.16. The van der Waals surface area contributed by atoms with Gasteiger partial charge in [0, 0.05) is 10.4 Å². The zero-order chi connectivity index (χ0) is 18.6. The molecule has 0 bridgehead atoms. The number of benzene rings is 3. The van der Waals surface area contributed by atoms with E-state index in [1.54, 1.807) is 11.3 Å². The van der Waals surface area contributed by atoms with Crippen molar-refractivity contribution in [2.24, 2.45) is 4.99 Å². The Labute approximate surface area is 168 Å². The lowest BCUT2D eigenvalue weighted by molar-refractivity contribution is 0.778. The van der Waals surface area contributed by atoms with E-state index < -0.39 is 0 Å². The molecule has 0 aliphatic rings. The van der Waals surface area contributed by atoms with Crippen molar-refractivity contribution in [3.05, 3.63) is 105 Å². The summed E-state index contributed by atoms with van der Waals surface area (Å²) in [6.07, 6.45) is 0. The Kier molecular flexibility index (Phi) is 5.23. The second kappa shape index (κ2) is 7.95.